The normalized spacial score (nSPS) is 10.8. The van der Waals surface area contributed by atoms with E-state index in [4.69, 9.17) is 24.7 Å². The molecule has 0 fully saturated rings. The van der Waals surface area contributed by atoms with Crippen molar-refractivity contribution in [2.75, 3.05) is 51.7 Å². The van der Waals surface area contributed by atoms with E-state index < -0.39 is 29.7 Å². The molecule has 0 saturated carbocycles. The fraction of sp³-hybridized carbons (Fsp3) is 0.259. The van der Waals surface area contributed by atoms with Crippen molar-refractivity contribution in [1.29, 1.82) is 0 Å². The Hall–Kier alpha value is -4.84. The smallest absolute Gasteiger partial charge is 0.331 e. The third-order valence-corrected chi connectivity index (χ3v) is 5.64. The van der Waals surface area contributed by atoms with Gasteiger partial charge in [0.2, 0.25) is 0 Å². The molecule has 0 spiro atoms. The maximum absolute atomic E-state index is 13.1. The molecule has 0 aliphatic rings. The van der Waals surface area contributed by atoms with E-state index in [0.717, 1.165) is 21.1 Å². The summed E-state index contributed by atoms with van der Waals surface area (Å²) in [4.78, 5) is 53.9. The number of aromatic nitrogens is 2. The summed E-state index contributed by atoms with van der Waals surface area (Å²) < 4.78 is 21.7. The molecule has 0 bridgehead atoms. The van der Waals surface area contributed by atoms with Gasteiger partial charge in [0.1, 0.15) is 5.82 Å². The van der Waals surface area contributed by atoms with Crippen molar-refractivity contribution >= 4 is 29.5 Å². The Morgan fingerprint density at radius 1 is 1.03 bits per heavy atom. The minimum Gasteiger partial charge on any atom is -0.493 e. The van der Waals surface area contributed by atoms with E-state index in [1.165, 1.54) is 27.4 Å². The first-order valence-electron chi connectivity index (χ1n) is 11.8. The molecule has 3 N–H and O–H groups in total. The second-order valence-electron chi connectivity index (χ2n) is 8.16. The Kier molecular flexibility index (Phi) is 10.0. The van der Waals surface area contributed by atoms with Gasteiger partial charge in [-0.05, 0) is 29.3 Å². The first-order valence-corrected chi connectivity index (χ1v) is 11.8. The zero-order valence-electron chi connectivity index (χ0n) is 21.8. The SMILES string of the molecule is COCCN(C(=O)COC(=O)/C=C/c1ccc(OC)c(OC)c1)c1c(N)n(Cc2ccccc2)c(=O)[nH]c1=O. The number of methoxy groups -OCH3 is 3. The molecule has 0 aliphatic carbocycles. The highest BCUT2D eigenvalue weighted by atomic mass is 16.5. The monoisotopic (exact) mass is 538 g/mol. The number of H-pyrrole nitrogens is 1. The van der Waals surface area contributed by atoms with E-state index in [0.29, 0.717) is 17.1 Å². The molecular formula is C27H30N4O8. The number of nitrogens with one attached hydrogen (secondary N) is 1. The van der Waals surface area contributed by atoms with Crippen LogP contribution in [-0.2, 0) is 25.6 Å². The largest absolute Gasteiger partial charge is 0.493 e. The quantitative estimate of drug-likeness (QED) is 0.257. The van der Waals surface area contributed by atoms with Gasteiger partial charge < -0.3 is 24.7 Å². The van der Waals surface area contributed by atoms with E-state index >= 15 is 0 Å². The number of anilines is 2. The van der Waals surface area contributed by atoms with E-state index in [-0.39, 0.29) is 31.2 Å². The predicted molar refractivity (Wildman–Crippen MR) is 145 cm³/mol. The average molecular weight is 539 g/mol. The molecule has 12 nitrogen and oxygen atoms in total. The number of benzene rings is 2. The summed E-state index contributed by atoms with van der Waals surface area (Å²) in [6.45, 7) is -0.645. The van der Waals surface area contributed by atoms with Crippen LogP contribution >= 0.6 is 0 Å². The van der Waals surface area contributed by atoms with Crippen LogP contribution in [0.4, 0.5) is 11.5 Å². The highest BCUT2D eigenvalue weighted by Gasteiger charge is 2.25. The number of nitrogens with zero attached hydrogens (tertiary/aromatic N) is 2. The summed E-state index contributed by atoms with van der Waals surface area (Å²) in [7, 11) is 4.43. The van der Waals surface area contributed by atoms with Crippen LogP contribution in [0.2, 0.25) is 0 Å². The molecule has 0 saturated heterocycles. The zero-order chi connectivity index (χ0) is 28.4. The van der Waals surface area contributed by atoms with Gasteiger partial charge in [0.25, 0.3) is 11.5 Å². The van der Waals surface area contributed by atoms with Gasteiger partial charge >= 0.3 is 11.7 Å². The molecular weight excluding hydrogens is 508 g/mol. The average Bonchev–Trinajstić information content (AvgIpc) is 2.94. The number of rotatable bonds is 12. The third kappa shape index (κ3) is 7.36. The third-order valence-electron chi connectivity index (χ3n) is 5.64. The van der Waals surface area contributed by atoms with Crippen LogP contribution < -0.4 is 31.4 Å². The Labute approximate surface area is 224 Å². The molecule has 0 aliphatic heterocycles. The molecule has 0 unspecified atom stereocenters. The van der Waals surface area contributed by atoms with Crippen molar-refractivity contribution in [3.63, 3.8) is 0 Å². The van der Waals surface area contributed by atoms with Crippen LogP contribution in [0.1, 0.15) is 11.1 Å². The van der Waals surface area contributed by atoms with Crippen LogP contribution in [0.25, 0.3) is 6.08 Å². The molecule has 206 valence electrons. The number of hydrogen-bond acceptors (Lipinski definition) is 9. The minimum atomic E-state index is -0.856. The molecule has 2 aromatic carbocycles. The molecule has 12 heteroatoms. The first kappa shape index (κ1) is 28.7. The first-order chi connectivity index (χ1) is 18.8. The summed E-state index contributed by atoms with van der Waals surface area (Å²) in [5.74, 6) is -0.726. The second kappa shape index (κ2) is 13.6. The molecule has 1 aromatic heterocycles. The van der Waals surface area contributed by atoms with Gasteiger partial charge in [0.15, 0.2) is 23.8 Å². The lowest BCUT2D eigenvalue weighted by Gasteiger charge is -2.24. The Balaban J connectivity index is 1.79. The van der Waals surface area contributed by atoms with E-state index in [1.54, 1.807) is 42.5 Å². The number of carbonyl (C=O) groups excluding carboxylic acids is 2. The number of nitrogen functional groups attached to an aromatic ring is 1. The second-order valence-corrected chi connectivity index (χ2v) is 8.16. The van der Waals surface area contributed by atoms with E-state index in [9.17, 15) is 19.2 Å². The summed E-state index contributed by atoms with van der Waals surface area (Å²) in [5.41, 5.74) is 5.79. The van der Waals surface area contributed by atoms with Gasteiger partial charge in [-0.15, -0.1) is 0 Å². The van der Waals surface area contributed by atoms with Crippen molar-refractivity contribution in [3.05, 3.63) is 86.6 Å². The summed E-state index contributed by atoms with van der Waals surface area (Å²) in [6.07, 6.45) is 2.63. The van der Waals surface area contributed by atoms with Crippen molar-refractivity contribution < 1.29 is 28.5 Å². The van der Waals surface area contributed by atoms with Gasteiger partial charge in [-0.2, -0.15) is 0 Å². The fourth-order valence-corrected chi connectivity index (χ4v) is 3.68. The Morgan fingerprint density at radius 2 is 1.74 bits per heavy atom. The van der Waals surface area contributed by atoms with Crippen LogP contribution in [0.3, 0.4) is 0 Å². The number of amides is 1. The lowest BCUT2D eigenvalue weighted by molar-refractivity contribution is -0.142. The van der Waals surface area contributed by atoms with Gasteiger partial charge in [-0.25, -0.2) is 9.59 Å². The Morgan fingerprint density at radius 3 is 2.41 bits per heavy atom. The Bertz CT molecular complexity index is 1450. The van der Waals surface area contributed by atoms with E-state index in [1.807, 2.05) is 6.07 Å². The minimum absolute atomic E-state index is 0.0512. The number of nitrogens with two attached hydrogens (primary N) is 1. The van der Waals surface area contributed by atoms with E-state index in [2.05, 4.69) is 4.98 Å². The van der Waals surface area contributed by atoms with Crippen molar-refractivity contribution in [2.24, 2.45) is 0 Å². The van der Waals surface area contributed by atoms with Crippen molar-refractivity contribution in [3.8, 4) is 11.5 Å². The van der Waals surface area contributed by atoms with Crippen LogP contribution in [0, 0.1) is 0 Å². The van der Waals surface area contributed by atoms with Gasteiger partial charge in [0, 0.05) is 19.7 Å². The number of esters is 1. The molecule has 0 radical (unpaired) electrons. The number of ether oxygens (including phenoxy) is 4. The highest BCUT2D eigenvalue weighted by molar-refractivity contribution is 5.98. The van der Waals surface area contributed by atoms with Crippen molar-refractivity contribution in [2.45, 2.75) is 6.54 Å². The maximum atomic E-state index is 13.1. The lowest BCUT2D eigenvalue weighted by atomic mass is 10.2. The van der Waals surface area contributed by atoms with Crippen LogP contribution in [0.15, 0.2) is 64.2 Å². The van der Waals surface area contributed by atoms with Crippen LogP contribution in [0.5, 0.6) is 11.5 Å². The standard InChI is InChI=1S/C27H30N4O8/c1-36-14-13-30(24-25(28)31(27(35)29-26(24)34)16-19-7-5-4-6-8-19)22(32)17-39-23(33)12-10-18-9-11-20(37-2)21(15-18)38-3/h4-12,15H,13-14,16-17,28H2,1-3H3,(H,29,34,35)/b12-10+. The number of aromatic amines is 1. The number of hydrogen-bond donors (Lipinski definition) is 2. The molecule has 1 heterocycles. The summed E-state index contributed by atoms with van der Waals surface area (Å²) >= 11 is 0. The van der Waals surface area contributed by atoms with Crippen molar-refractivity contribution in [1.82, 2.24) is 9.55 Å². The zero-order valence-corrected chi connectivity index (χ0v) is 21.8. The van der Waals surface area contributed by atoms with Gasteiger partial charge in [-0.1, -0.05) is 36.4 Å². The number of carbonyl (C=O) groups is 2. The van der Waals surface area contributed by atoms with Crippen LogP contribution in [-0.4, -0.2) is 62.5 Å². The lowest BCUT2D eigenvalue weighted by Crippen LogP contribution is -2.44. The molecule has 3 rings (SSSR count). The summed E-state index contributed by atoms with van der Waals surface area (Å²) in [6, 6.07) is 14.1. The predicted octanol–water partition coefficient (Wildman–Crippen LogP) is 1.42. The molecule has 1 amide bonds. The van der Waals surface area contributed by atoms with Gasteiger partial charge in [-0.3, -0.25) is 24.0 Å². The topological polar surface area (TPSA) is 155 Å². The maximum Gasteiger partial charge on any atom is 0.331 e. The summed E-state index contributed by atoms with van der Waals surface area (Å²) in [5, 5.41) is 0. The molecule has 3 aromatic rings. The molecule has 39 heavy (non-hydrogen) atoms. The van der Waals surface area contributed by atoms with Gasteiger partial charge in [0.05, 0.1) is 27.4 Å². The fourth-order valence-electron chi connectivity index (χ4n) is 3.68. The molecule has 0 atom stereocenters. The highest BCUT2D eigenvalue weighted by Crippen LogP contribution is 2.28.